The molecule has 0 radical (unpaired) electrons. The zero-order valence-electron chi connectivity index (χ0n) is 15.0. The summed E-state index contributed by atoms with van der Waals surface area (Å²) in [4.78, 5) is 18.7. The number of nitrogens with one attached hydrogen (secondary N) is 1. The molecule has 0 bridgehead atoms. The van der Waals surface area contributed by atoms with Crippen LogP contribution in [0.15, 0.2) is 72.9 Å². The Labute approximate surface area is 158 Å². The number of aromatic nitrogens is 1. The van der Waals surface area contributed by atoms with Crippen molar-refractivity contribution < 1.29 is 9.53 Å². The molecule has 2 heterocycles. The Morgan fingerprint density at radius 2 is 1.78 bits per heavy atom. The quantitative estimate of drug-likeness (QED) is 0.755. The standard InChI is InChI=1S/C22H21N3O2/c26-22(16-27-20-8-2-1-3-9-20)24-21-11-10-19(14-23-21)25-13-12-17-6-4-5-7-18(17)15-25/h1-11,14H,12-13,15-16H2,(H,23,24,26). The van der Waals surface area contributed by atoms with Crippen LogP contribution < -0.4 is 15.0 Å². The molecule has 4 rings (SSSR count). The molecule has 0 unspecified atom stereocenters. The minimum atomic E-state index is -0.231. The molecule has 1 aliphatic heterocycles. The second-order valence-corrected chi connectivity index (χ2v) is 6.49. The van der Waals surface area contributed by atoms with Crippen LogP contribution in [0.2, 0.25) is 0 Å². The van der Waals surface area contributed by atoms with Gasteiger partial charge in [0.1, 0.15) is 11.6 Å². The first kappa shape index (κ1) is 17.1. The fourth-order valence-electron chi connectivity index (χ4n) is 3.21. The van der Waals surface area contributed by atoms with E-state index in [0.717, 1.165) is 25.2 Å². The van der Waals surface area contributed by atoms with E-state index in [1.165, 1.54) is 11.1 Å². The summed E-state index contributed by atoms with van der Waals surface area (Å²) in [6, 6.07) is 21.6. The number of benzene rings is 2. The molecule has 0 fully saturated rings. The largest absolute Gasteiger partial charge is 0.484 e. The molecule has 0 saturated carbocycles. The van der Waals surface area contributed by atoms with E-state index in [2.05, 4.69) is 39.5 Å². The molecule has 5 nitrogen and oxygen atoms in total. The van der Waals surface area contributed by atoms with E-state index in [0.29, 0.717) is 11.6 Å². The molecule has 5 heteroatoms. The predicted octanol–water partition coefficient (Wildman–Crippen LogP) is 3.66. The Morgan fingerprint density at radius 1 is 1.00 bits per heavy atom. The van der Waals surface area contributed by atoms with Crippen molar-refractivity contribution in [2.75, 3.05) is 23.4 Å². The van der Waals surface area contributed by atoms with Crippen LogP contribution >= 0.6 is 0 Å². The van der Waals surface area contributed by atoms with E-state index in [9.17, 15) is 4.79 Å². The molecule has 0 saturated heterocycles. The van der Waals surface area contributed by atoms with Gasteiger partial charge in [-0.25, -0.2) is 4.98 Å². The zero-order chi connectivity index (χ0) is 18.5. The van der Waals surface area contributed by atoms with Crippen molar-refractivity contribution >= 4 is 17.4 Å². The number of amides is 1. The van der Waals surface area contributed by atoms with Gasteiger partial charge < -0.3 is 15.0 Å². The van der Waals surface area contributed by atoms with Crippen LogP contribution in [0.3, 0.4) is 0 Å². The third-order valence-corrected chi connectivity index (χ3v) is 4.62. The molecule has 2 aromatic carbocycles. The third-order valence-electron chi connectivity index (χ3n) is 4.62. The number of hydrogen-bond acceptors (Lipinski definition) is 4. The smallest absolute Gasteiger partial charge is 0.263 e. The number of fused-ring (bicyclic) bond motifs is 1. The number of carbonyl (C=O) groups is 1. The maximum absolute atomic E-state index is 12.0. The molecule has 136 valence electrons. The topological polar surface area (TPSA) is 54.5 Å². The maximum Gasteiger partial charge on any atom is 0.263 e. The van der Waals surface area contributed by atoms with Crippen molar-refractivity contribution in [3.05, 3.63) is 84.1 Å². The minimum Gasteiger partial charge on any atom is -0.484 e. The van der Waals surface area contributed by atoms with E-state index in [1.54, 1.807) is 0 Å². The van der Waals surface area contributed by atoms with E-state index in [4.69, 9.17) is 4.74 Å². The van der Waals surface area contributed by atoms with Crippen molar-refractivity contribution in [3.63, 3.8) is 0 Å². The first-order valence-corrected chi connectivity index (χ1v) is 9.03. The van der Waals surface area contributed by atoms with Gasteiger partial charge in [-0.05, 0) is 41.8 Å². The third kappa shape index (κ3) is 4.26. The highest BCUT2D eigenvalue weighted by atomic mass is 16.5. The first-order valence-electron chi connectivity index (χ1n) is 9.03. The van der Waals surface area contributed by atoms with Gasteiger partial charge in [0.2, 0.25) is 0 Å². The molecule has 0 atom stereocenters. The number of rotatable bonds is 5. The Balaban J connectivity index is 1.33. The normalized spacial score (nSPS) is 13.0. The van der Waals surface area contributed by atoms with Gasteiger partial charge in [-0.3, -0.25) is 4.79 Å². The number of para-hydroxylation sites is 1. The number of pyridine rings is 1. The van der Waals surface area contributed by atoms with Gasteiger partial charge in [0.25, 0.3) is 5.91 Å². The van der Waals surface area contributed by atoms with Crippen molar-refractivity contribution in [3.8, 4) is 5.75 Å². The molecule has 1 aliphatic rings. The molecule has 27 heavy (non-hydrogen) atoms. The fraction of sp³-hybridized carbons (Fsp3) is 0.182. The van der Waals surface area contributed by atoms with E-state index < -0.39 is 0 Å². The monoisotopic (exact) mass is 359 g/mol. The summed E-state index contributed by atoms with van der Waals surface area (Å²) in [5, 5.41) is 2.76. The summed E-state index contributed by atoms with van der Waals surface area (Å²) in [5.41, 5.74) is 3.84. The molecule has 0 spiro atoms. The Kier molecular flexibility index (Phi) is 5.01. The minimum absolute atomic E-state index is 0.0453. The van der Waals surface area contributed by atoms with Crippen LogP contribution in [0.25, 0.3) is 0 Å². The van der Waals surface area contributed by atoms with E-state index >= 15 is 0 Å². The van der Waals surface area contributed by atoms with Crippen molar-refractivity contribution in [1.29, 1.82) is 0 Å². The summed E-state index contributed by atoms with van der Waals surface area (Å²) < 4.78 is 5.44. The summed E-state index contributed by atoms with van der Waals surface area (Å²) in [5.74, 6) is 0.963. The van der Waals surface area contributed by atoms with Crippen LogP contribution in [-0.4, -0.2) is 24.0 Å². The highest BCUT2D eigenvalue weighted by Crippen LogP contribution is 2.24. The lowest BCUT2D eigenvalue weighted by Crippen LogP contribution is -2.30. The van der Waals surface area contributed by atoms with Crippen LogP contribution in [-0.2, 0) is 17.8 Å². The lowest BCUT2D eigenvalue weighted by molar-refractivity contribution is -0.118. The average molecular weight is 359 g/mol. The van der Waals surface area contributed by atoms with Gasteiger partial charge in [0.05, 0.1) is 11.9 Å². The molecular weight excluding hydrogens is 338 g/mol. The van der Waals surface area contributed by atoms with Gasteiger partial charge in [0, 0.05) is 13.1 Å². The molecule has 3 aromatic rings. The van der Waals surface area contributed by atoms with Gasteiger partial charge in [-0.1, -0.05) is 42.5 Å². The lowest BCUT2D eigenvalue weighted by atomic mass is 10.00. The average Bonchev–Trinajstić information content (AvgIpc) is 2.73. The highest BCUT2D eigenvalue weighted by Gasteiger charge is 2.16. The Hall–Kier alpha value is -3.34. The van der Waals surface area contributed by atoms with Crippen molar-refractivity contribution in [2.24, 2.45) is 0 Å². The van der Waals surface area contributed by atoms with Crippen molar-refractivity contribution in [1.82, 2.24) is 4.98 Å². The maximum atomic E-state index is 12.0. The van der Waals surface area contributed by atoms with Crippen LogP contribution in [0.1, 0.15) is 11.1 Å². The number of carbonyl (C=O) groups excluding carboxylic acids is 1. The first-order chi connectivity index (χ1) is 13.3. The molecule has 1 N–H and O–H groups in total. The van der Waals surface area contributed by atoms with E-state index in [1.807, 2.05) is 48.7 Å². The summed E-state index contributed by atoms with van der Waals surface area (Å²) in [6.07, 6.45) is 2.84. The zero-order valence-corrected chi connectivity index (χ0v) is 15.0. The Bertz CT molecular complexity index is 910. The van der Waals surface area contributed by atoms with Gasteiger partial charge in [0.15, 0.2) is 6.61 Å². The number of ether oxygens (including phenoxy) is 1. The summed E-state index contributed by atoms with van der Waals surface area (Å²) in [6.45, 7) is 1.81. The molecule has 0 aliphatic carbocycles. The van der Waals surface area contributed by atoms with Crippen molar-refractivity contribution in [2.45, 2.75) is 13.0 Å². The van der Waals surface area contributed by atoms with E-state index in [-0.39, 0.29) is 12.5 Å². The molecular formula is C22H21N3O2. The Morgan fingerprint density at radius 3 is 2.56 bits per heavy atom. The molecule has 1 aromatic heterocycles. The number of nitrogens with zero attached hydrogens (tertiary/aromatic N) is 2. The predicted molar refractivity (Wildman–Crippen MR) is 106 cm³/mol. The van der Waals surface area contributed by atoms with Crippen LogP contribution in [0.5, 0.6) is 5.75 Å². The van der Waals surface area contributed by atoms with Gasteiger partial charge >= 0.3 is 0 Å². The van der Waals surface area contributed by atoms with Crippen LogP contribution in [0, 0.1) is 0 Å². The second-order valence-electron chi connectivity index (χ2n) is 6.49. The number of hydrogen-bond donors (Lipinski definition) is 1. The fourth-order valence-corrected chi connectivity index (χ4v) is 3.21. The highest BCUT2D eigenvalue weighted by molar-refractivity contribution is 5.91. The summed E-state index contributed by atoms with van der Waals surface area (Å²) >= 11 is 0. The van der Waals surface area contributed by atoms with Gasteiger partial charge in [-0.2, -0.15) is 0 Å². The summed E-state index contributed by atoms with van der Waals surface area (Å²) in [7, 11) is 0. The lowest BCUT2D eigenvalue weighted by Gasteiger charge is -2.30. The molecule has 1 amide bonds. The second kappa shape index (κ2) is 7.91. The SMILES string of the molecule is O=C(COc1ccccc1)Nc1ccc(N2CCc3ccccc3C2)cn1. The number of anilines is 2. The van der Waals surface area contributed by atoms with Gasteiger partial charge in [-0.15, -0.1) is 0 Å². The van der Waals surface area contributed by atoms with Crippen LogP contribution in [0.4, 0.5) is 11.5 Å².